The summed E-state index contributed by atoms with van der Waals surface area (Å²) in [5, 5.41) is 4.11. The van der Waals surface area contributed by atoms with Gasteiger partial charge >= 0.3 is 0 Å². The number of hydrogen-bond acceptors (Lipinski definition) is 4. The number of nitrogens with zero attached hydrogens (tertiary/aromatic N) is 4. The maximum Gasteiger partial charge on any atom is 0.169 e. The van der Waals surface area contributed by atoms with Crippen molar-refractivity contribution < 1.29 is 13.3 Å². The number of fused-ring (bicyclic) bond motifs is 1. The first-order valence-electron chi connectivity index (χ1n) is 8.96. The summed E-state index contributed by atoms with van der Waals surface area (Å²) in [6.45, 7) is 0.451. The van der Waals surface area contributed by atoms with Crippen molar-refractivity contribution in [3.05, 3.63) is 90.5 Å². The molecule has 1 aromatic heterocycles. The monoisotopic (exact) mass is 388 g/mol. The first-order valence-corrected chi connectivity index (χ1v) is 8.96. The van der Waals surface area contributed by atoms with Gasteiger partial charge in [-0.1, -0.05) is 41.6 Å². The number of aromatic nitrogens is 4. The predicted molar refractivity (Wildman–Crippen MR) is 103 cm³/mol. The Labute approximate surface area is 164 Å². The summed E-state index contributed by atoms with van der Waals surface area (Å²) < 4.78 is 34.9. The zero-order chi connectivity index (χ0) is 19.8. The van der Waals surface area contributed by atoms with E-state index >= 15 is 0 Å². The Morgan fingerprint density at radius 3 is 2.55 bits per heavy atom. The summed E-state index contributed by atoms with van der Waals surface area (Å²) in [7, 11) is 0. The molecule has 3 heterocycles. The summed E-state index contributed by atoms with van der Waals surface area (Å²) in [6.07, 6.45) is 3.61. The van der Waals surface area contributed by atoms with Gasteiger partial charge in [-0.05, 0) is 18.2 Å². The first kappa shape index (κ1) is 17.2. The van der Waals surface area contributed by atoms with Gasteiger partial charge in [0.15, 0.2) is 23.2 Å². The van der Waals surface area contributed by atoms with Gasteiger partial charge in [0, 0.05) is 24.0 Å². The smallest absolute Gasteiger partial charge is 0.169 e. The lowest BCUT2D eigenvalue weighted by Gasteiger charge is -2.04. The number of hydrogen-bond donors (Lipinski definition) is 0. The van der Waals surface area contributed by atoms with Crippen LogP contribution in [0.3, 0.4) is 0 Å². The number of imidazole rings is 1. The van der Waals surface area contributed by atoms with Crippen LogP contribution in [0.25, 0.3) is 34.0 Å². The van der Waals surface area contributed by atoms with E-state index < -0.39 is 11.6 Å². The second-order valence-corrected chi connectivity index (χ2v) is 6.58. The molecular formula is C22H14F2N4O. The molecule has 29 heavy (non-hydrogen) atoms. The number of rotatable bonds is 4. The predicted octanol–water partition coefficient (Wildman–Crippen LogP) is 5.03. The Bertz CT molecular complexity index is 1260. The molecule has 0 fully saturated rings. The van der Waals surface area contributed by atoms with Crippen molar-refractivity contribution in [2.24, 2.45) is 0 Å². The number of halogens is 2. The molecule has 0 amide bonds. The van der Waals surface area contributed by atoms with Crippen LogP contribution in [0.2, 0.25) is 0 Å². The maximum atomic E-state index is 14.0. The lowest BCUT2D eigenvalue weighted by atomic mass is 10.1. The molecular weight excluding hydrogens is 374 g/mol. The van der Waals surface area contributed by atoms with Gasteiger partial charge in [-0.15, -0.1) is 0 Å². The molecule has 142 valence electrons. The van der Waals surface area contributed by atoms with Gasteiger partial charge in [-0.2, -0.15) is 0 Å². The van der Waals surface area contributed by atoms with Crippen LogP contribution in [-0.2, 0) is 6.54 Å². The quantitative estimate of drug-likeness (QED) is 0.433. The highest BCUT2D eigenvalue weighted by Gasteiger charge is 2.17. The van der Waals surface area contributed by atoms with Gasteiger partial charge in [0.25, 0.3) is 0 Å². The molecule has 7 heteroatoms. The van der Waals surface area contributed by atoms with Gasteiger partial charge in [-0.3, -0.25) is 0 Å². The standard InChI is InChI=1S/C22H14F2N4O/c23-17-8-4-7-16(21(17)24)22-25-18-9-10-28(13-20(18)26-22)12-15-11-19(27-29-15)14-5-2-1-3-6-14/h1-11,13H,12H2. The van der Waals surface area contributed by atoms with Crippen molar-refractivity contribution in [2.75, 3.05) is 0 Å². The van der Waals surface area contributed by atoms with Crippen molar-refractivity contribution in [3.63, 3.8) is 0 Å². The number of benzene rings is 2. The summed E-state index contributed by atoms with van der Waals surface area (Å²) in [4.78, 5) is 8.67. The molecule has 5 nitrogen and oxygen atoms in total. The van der Waals surface area contributed by atoms with Crippen LogP contribution in [0.5, 0.6) is 0 Å². The molecule has 2 aliphatic rings. The highest BCUT2D eigenvalue weighted by molar-refractivity contribution is 5.66. The van der Waals surface area contributed by atoms with Crippen molar-refractivity contribution in [3.8, 4) is 34.0 Å². The Kier molecular flexibility index (Phi) is 4.13. The Morgan fingerprint density at radius 1 is 0.862 bits per heavy atom. The molecule has 0 unspecified atom stereocenters. The third-order valence-corrected chi connectivity index (χ3v) is 4.59. The molecule has 5 rings (SSSR count). The average Bonchev–Trinajstić information content (AvgIpc) is 3.37. The number of pyridine rings is 1. The first-order chi connectivity index (χ1) is 14.2. The van der Waals surface area contributed by atoms with Crippen LogP contribution < -0.4 is 0 Å². The van der Waals surface area contributed by atoms with Crippen LogP contribution in [0.1, 0.15) is 5.76 Å². The molecule has 0 radical (unpaired) electrons. The van der Waals surface area contributed by atoms with Gasteiger partial charge in [0.1, 0.15) is 11.4 Å². The highest BCUT2D eigenvalue weighted by Crippen LogP contribution is 2.27. The minimum atomic E-state index is -0.953. The van der Waals surface area contributed by atoms with E-state index in [0.717, 1.165) is 17.3 Å². The second-order valence-electron chi connectivity index (χ2n) is 6.58. The van der Waals surface area contributed by atoms with E-state index in [1.807, 2.05) is 47.2 Å². The minimum Gasteiger partial charge on any atom is -0.359 e. The van der Waals surface area contributed by atoms with Crippen LogP contribution in [0.15, 0.2) is 77.6 Å². The molecule has 0 saturated carbocycles. The van der Waals surface area contributed by atoms with E-state index in [1.54, 1.807) is 12.3 Å². The maximum absolute atomic E-state index is 14.0. The molecule has 0 bridgehead atoms. The van der Waals surface area contributed by atoms with Gasteiger partial charge in [-0.25, -0.2) is 18.7 Å². The summed E-state index contributed by atoms with van der Waals surface area (Å²) in [5.74, 6) is -1.04. The fraction of sp³-hybridized carbons (Fsp3) is 0.0455. The molecule has 0 saturated heterocycles. The zero-order valence-corrected chi connectivity index (χ0v) is 15.1. The second kappa shape index (κ2) is 6.94. The van der Waals surface area contributed by atoms with Crippen molar-refractivity contribution in [1.82, 2.24) is 19.7 Å². The lowest BCUT2D eigenvalue weighted by molar-refractivity contribution is 0.378. The van der Waals surface area contributed by atoms with Crippen LogP contribution in [-0.4, -0.2) is 19.7 Å². The van der Waals surface area contributed by atoms with E-state index in [9.17, 15) is 8.78 Å². The van der Waals surface area contributed by atoms with E-state index in [-0.39, 0.29) is 11.4 Å². The molecule has 0 spiro atoms. The zero-order valence-electron chi connectivity index (χ0n) is 15.1. The Morgan fingerprint density at radius 2 is 1.69 bits per heavy atom. The molecule has 2 aliphatic heterocycles. The fourth-order valence-electron chi connectivity index (χ4n) is 3.16. The van der Waals surface area contributed by atoms with Crippen LogP contribution >= 0.6 is 0 Å². The van der Waals surface area contributed by atoms with Crippen LogP contribution in [0, 0.1) is 11.6 Å². The molecule has 2 aromatic carbocycles. The minimum absolute atomic E-state index is 0.0375. The van der Waals surface area contributed by atoms with Crippen LogP contribution in [0.4, 0.5) is 8.78 Å². The Balaban J connectivity index is 1.43. The SMILES string of the molecule is Fc1cccc(-c2nc3ccn(Cc4cc(-c5ccccc5)no4)cc-3n2)c1F. The highest BCUT2D eigenvalue weighted by atomic mass is 19.2. The van der Waals surface area contributed by atoms with E-state index in [2.05, 4.69) is 15.1 Å². The lowest BCUT2D eigenvalue weighted by Crippen LogP contribution is -1.99. The van der Waals surface area contributed by atoms with E-state index in [4.69, 9.17) is 4.52 Å². The average molecular weight is 388 g/mol. The van der Waals surface area contributed by atoms with Gasteiger partial charge < -0.3 is 9.09 Å². The third kappa shape index (κ3) is 3.27. The molecule has 3 aromatic rings. The largest absolute Gasteiger partial charge is 0.359 e. The van der Waals surface area contributed by atoms with Crippen molar-refractivity contribution in [2.45, 2.75) is 6.54 Å². The summed E-state index contributed by atoms with van der Waals surface area (Å²) in [5.41, 5.74) is 2.96. The van der Waals surface area contributed by atoms with Crippen molar-refractivity contribution >= 4 is 0 Å². The van der Waals surface area contributed by atoms with Crippen molar-refractivity contribution in [1.29, 1.82) is 0 Å². The fourth-order valence-corrected chi connectivity index (χ4v) is 3.16. The summed E-state index contributed by atoms with van der Waals surface area (Å²) in [6, 6.07) is 17.4. The van der Waals surface area contributed by atoms with E-state index in [1.165, 1.54) is 12.1 Å². The topological polar surface area (TPSA) is 56.7 Å². The van der Waals surface area contributed by atoms with Gasteiger partial charge in [0.05, 0.1) is 17.8 Å². The normalized spacial score (nSPS) is 11.2. The third-order valence-electron chi connectivity index (χ3n) is 4.59. The molecule has 0 N–H and O–H groups in total. The molecule has 0 atom stereocenters. The van der Waals surface area contributed by atoms with E-state index in [0.29, 0.717) is 23.7 Å². The Hall–Kier alpha value is -3.87. The molecule has 0 aliphatic carbocycles. The summed E-state index contributed by atoms with van der Waals surface area (Å²) >= 11 is 0. The van der Waals surface area contributed by atoms with Gasteiger partial charge in [0.2, 0.25) is 0 Å².